The Morgan fingerprint density at radius 1 is 1.30 bits per heavy atom. The zero-order valence-corrected chi connectivity index (χ0v) is 15.2. The molecule has 0 amide bonds. The summed E-state index contributed by atoms with van der Waals surface area (Å²) >= 11 is 1.74. The summed E-state index contributed by atoms with van der Waals surface area (Å²) in [4.78, 5) is 14.4. The zero-order valence-electron chi connectivity index (χ0n) is 14.3. The van der Waals surface area contributed by atoms with Crippen molar-refractivity contribution in [1.82, 2.24) is 25.2 Å². The molecule has 0 radical (unpaired) electrons. The van der Waals surface area contributed by atoms with Crippen molar-refractivity contribution in [3.8, 4) is 0 Å². The van der Waals surface area contributed by atoms with Gasteiger partial charge < -0.3 is 15.2 Å². The summed E-state index contributed by atoms with van der Waals surface area (Å²) in [5.74, 6) is 2.37. The van der Waals surface area contributed by atoms with E-state index in [2.05, 4.69) is 50.9 Å². The van der Waals surface area contributed by atoms with Gasteiger partial charge in [-0.05, 0) is 12.3 Å². The van der Waals surface area contributed by atoms with Crippen molar-refractivity contribution in [2.45, 2.75) is 46.8 Å². The first-order valence-corrected chi connectivity index (χ1v) is 8.82. The average molecular weight is 334 g/mol. The lowest BCUT2D eigenvalue weighted by Gasteiger charge is -2.13. The van der Waals surface area contributed by atoms with Crippen molar-refractivity contribution < 1.29 is 0 Å². The van der Waals surface area contributed by atoms with E-state index in [-0.39, 0.29) is 0 Å². The molecular weight excluding hydrogens is 308 g/mol. The van der Waals surface area contributed by atoms with E-state index >= 15 is 0 Å². The molecule has 126 valence electrons. The van der Waals surface area contributed by atoms with Crippen LogP contribution in [0.5, 0.6) is 0 Å². The molecule has 2 heterocycles. The van der Waals surface area contributed by atoms with Crippen LogP contribution in [0.15, 0.2) is 23.6 Å². The molecule has 0 fully saturated rings. The molecule has 0 unspecified atom stereocenters. The second-order valence-corrected chi connectivity index (χ2v) is 6.94. The topological polar surface area (TPSA) is 67.1 Å². The number of hydrogen-bond acceptors (Lipinski definition) is 4. The van der Waals surface area contributed by atoms with Gasteiger partial charge in [-0.2, -0.15) is 0 Å². The molecule has 0 saturated heterocycles. The van der Waals surface area contributed by atoms with Gasteiger partial charge in [-0.25, -0.2) is 9.97 Å². The van der Waals surface area contributed by atoms with Crippen LogP contribution in [0.3, 0.4) is 0 Å². The minimum Gasteiger partial charge on any atom is -0.350 e. The Bertz CT molecular complexity index is 628. The lowest BCUT2D eigenvalue weighted by molar-refractivity contribution is 0.503. The number of imidazole rings is 1. The van der Waals surface area contributed by atoms with Crippen LogP contribution in [-0.4, -0.2) is 27.5 Å². The number of guanidine groups is 1. The van der Waals surface area contributed by atoms with E-state index in [9.17, 15) is 0 Å². The largest absolute Gasteiger partial charge is 0.350 e. The van der Waals surface area contributed by atoms with Crippen LogP contribution in [0.1, 0.15) is 36.5 Å². The number of hydrogen-bond donors (Lipinski definition) is 2. The van der Waals surface area contributed by atoms with Crippen molar-refractivity contribution in [2.75, 3.05) is 7.05 Å². The van der Waals surface area contributed by atoms with Crippen LogP contribution in [0.25, 0.3) is 0 Å². The first kappa shape index (κ1) is 17.5. The molecule has 0 saturated carbocycles. The highest BCUT2D eigenvalue weighted by molar-refractivity contribution is 7.11. The lowest BCUT2D eigenvalue weighted by atomic mass is 10.2. The third-order valence-corrected chi connectivity index (χ3v) is 4.50. The fourth-order valence-corrected chi connectivity index (χ4v) is 3.00. The predicted molar refractivity (Wildman–Crippen MR) is 95.6 cm³/mol. The minimum atomic E-state index is 0.595. The number of aromatic nitrogens is 3. The van der Waals surface area contributed by atoms with Crippen molar-refractivity contribution >= 4 is 17.3 Å². The number of aryl methyl sites for hydroxylation is 1. The van der Waals surface area contributed by atoms with E-state index < -0.39 is 0 Å². The molecule has 7 heteroatoms. The summed E-state index contributed by atoms with van der Waals surface area (Å²) in [6, 6.07) is 0. The first-order valence-electron chi connectivity index (χ1n) is 8.00. The maximum absolute atomic E-state index is 4.42. The fraction of sp³-hybridized carbons (Fsp3) is 0.562. The van der Waals surface area contributed by atoms with Gasteiger partial charge in [0.15, 0.2) is 5.96 Å². The van der Waals surface area contributed by atoms with Gasteiger partial charge in [0, 0.05) is 37.1 Å². The molecule has 2 rings (SSSR count). The van der Waals surface area contributed by atoms with Gasteiger partial charge in [0.25, 0.3) is 0 Å². The second kappa shape index (κ2) is 8.67. The summed E-state index contributed by atoms with van der Waals surface area (Å²) in [5, 5.41) is 7.68. The maximum atomic E-state index is 4.42. The Kier molecular flexibility index (Phi) is 6.58. The lowest BCUT2D eigenvalue weighted by Crippen LogP contribution is -2.37. The smallest absolute Gasteiger partial charge is 0.191 e. The number of nitrogens with zero attached hydrogens (tertiary/aromatic N) is 4. The van der Waals surface area contributed by atoms with E-state index in [1.165, 1.54) is 4.88 Å². The van der Waals surface area contributed by atoms with Crippen LogP contribution in [0.2, 0.25) is 0 Å². The number of nitrogens with one attached hydrogen (secondary N) is 2. The molecule has 2 aromatic heterocycles. The molecule has 0 aromatic carbocycles. The Morgan fingerprint density at radius 2 is 2.09 bits per heavy atom. The number of aliphatic imine (C=N–C) groups is 1. The van der Waals surface area contributed by atoms with Gasteiger partial charge in [-0.3, -0.25) is 4.99 Å². The Balaban J connectivity index is 1.84. The highest BCUT2D eigenvalue weighted by Crippen LogP contribution is 2.12. The van der Waals surface area contributed by atoms with Crippen molar-refractivity contribution in [1.29, 1.82) is 0 Å². The van der Waals surface area contributed by atoms with Crippen molar-refractivity contribution in [3.05, 3.63) is 34.3 Å². The van der Waals surface area contributed by atoms with Crippen molar-refractivity contribution in [2.24, 2.45) is 10.9 Å². The molecule has 0 spiro atoms. The molecule has 2 aromatic rings. The molecule has 23 heavy (non-hydrogen) atoms. The molecular formula is C16H26N6S. The second-order valence-electron chi connectivity index (χ2n) is 5.74. The van der Waals surface area contributed by atoms with Gasteiger partial charge >= 0.3 is 0 Å². The quantitative estimate of drug-likeness (QED) is 0.603. The average Bonchev–Trinajstić information content (AvgIpc) is 3.16. The molecule has 0 aliphatic rings. The van der Waals surface area contributed by atoms with Gasteiger partial charge in [-0.15, -0.1) is 11.3 Å². The van der Waals surface area contributed by atoms with Crippen LogP contribution >= 0.6 is 11.3 Å². The highest BCUT2D eigenvalue weighted by Gasteiger charge is 2.07. The summed E-state index contributed by atoms with van der Waals surface area (Å²) in [6.45, 7) is 8.86. The van der Waals surface area contributed by atoms with Gasteiger partial charge in [0.2, 0.25) is 0 Å². The summed E-state index contributed by atoms with van der Waals surface area (Å²) in [7, 11) is 1.77. The normalized spacial score (nSPS) is 12.0. The van der Waals surface area contributed by atoms with Crippen LogP contribution < -0.4 is 10.6 Å². The Labute approximate surface area is 142 Å². The third kappa shape index (κ3) is 5.35. The predicted octanol–water partition coefficient (Wildman–Crippen LogP) is 2.42. The van der Waals surface area contributed by atoms with Crippen molar-refractivity contribution in [3.63, 3.8) is 0 Å². The zero-order chi connectivity index (χ0) is 16.7. The highest BCUT2D eigenvalue weighted by atomic mass is 32.1. The Hall–Kier alpha value is -1.89. The molecule has 6 nitrogen and oxygen atoms in total. The van der Waals surface area contributed by atoms with E-state index in [0.717, 1.165) is 29.8 Å². The minimum absolute atomic E-state index is 0.595. The first-order chi connectivity index (χ1) is 11.1. The Morgan fingerprint density at radius 3 is 2.74 bits per heavy atom. The number of rotatable bonds is 7. The van der Waals surface area contributed by atoms with Crippen LogP contribution in [-0.2, 0) is 26.1 Å². The van der Waals surface area contributed by atoms with Crippen LogP contribution in [0, 0.1) is 5.92 Å². The van der Waals surface area contributed by atoms with Gasteiger partial charge in [0.05, 0.1) is 13.1 Å². The summed E-state index contributed by atoms with van der Waals surface area (Å²) in [6.07, 6.45) is 6.84. The summed E-state index contributed by atoms with van der Waals surface area (Å²) in [5.41, 5.74) is 0. The van der Waals surface area contributed by atoms with E-state index in [4.69, 9.17) is 0 Å². The van der Waals surface area contributed by atoms with Gasteiger partial charge in [0.1, 0.15) is 10.8 Å². The molecule has 0 aliphatic heterocycles. The summed E-state index contributed by atoms with van der Waals surface area (Å²) < 4.78 is 2.18. The SMILES string of the molecule is CCc1cnc(CNC(=NC)NCc2nccn2CC(C)C)s1. The molecule has 0 atom stereocenters. The molecule has 0 bridgehead atoms. The molecule has 0 aliphatic carbocycles. The van der Waals surface area contributed by atoms with E-state index in [0.29, 0.717) is 19.0 Å². The standard InChI is InChI=1S/C16H26N6S/c1-5-13-8-19-15(23-13)10-21-16(17-4)20-9-14-18-6-7-22(14)11-12(2)3/h6-8,12H,5,9-11H2,1-4H3,(H2,17,20,21). The molecule has 2 N–H and O–H groups in total. The van der Waals surface area contributed by atoms with Crippen LogP contribution in [0.4, 0.5) is 0 Å². The monoisotopic (exact) mass is 334 g/mol. The van der Waals surface area contributed by atoms with E-state index in [1.54, 1.807) is 18.4 Å². The maximum Gasteiger partial charge on any atom is 0.191 e. The fourth-order valence-electron chi connectivity index (χ4n) is 2.20. The van der Waals surface area contributed by atoms with E-state index in [1.807, 2.05) is 18.6 Å². The number of thiazole rings is 1. The third-order valence-electron chi connectivity index (χ3n) is 3.36. The van der Waals surface area contributed by atoms with Gasteiger partial charge in [-0.1, -0.05) is 20.8 Å².